The second-order valence-corrected chi connectivity index (χ2v) is 8.20. The van der Waals surface area contributed by atoms with E-state index in [0.29, 0.717) is 35.0 Å². The first-order chi connectivity index (χ1) is 12.9. The van der Waals surface area contributed by atoms with E-state index in [1.807, 2.05) is 6.92 Å². The summed E-state index contributed by atoms with van der Waals surface area (Å²) in [6.07, 6.45) is 2.15. The lowest BCUT2D eigenvalue weighted by Crippen LogP contribution is -2.67. The fourth-order valence-corrected chi connectivity index (χ4v) is 5.61. The van der Waals surface area contributed by atoms with Crippen LogP contribution in [-0.4, -0.2) is 30.3 Å². The normalized spacial score (nSPS) is 43.1. The molecule has 0 bridgehead atoms. The molecule has 1 saturated heterocycles. The summed E-state index contributed by atoms with van der Waals surface area (Å²) in [6, 6.07) is 3.52. The zero-order valence-corrected chi connectivity index (χ0v) is 15.1. The fraction of sp³-hybridized carbons (Fsp3) is 0.550. The van der Waals surface area contributed by atoms with Gasteiger partial charge < -0.3 is 24.1 Å². The van der Waals surface area contributed by atoms with Gasteiger partial charge in [-0.3, -0.25) is 9.53 Å². The van der Waals surface area contributed by atoms with Crippen LogP contribution in [0.5, 0.6) is 17.2 Å². The summed E-state index contributed by atoms with van der Waals surface area (Å²) in [5.74, 6) is -0.323. The van der Waals surface area contributed by atoms with Gasteiger partial charge in [0.15, 0.2) is 29.8 Å². The molecule has 7 nitrogen and oxygen atoms in total. The Morgan fingerprint density at radius 2 is 1.85 bits per heavy atom. The van der Waals surface area contributed by atoms with Crippen LogP contribution in [0.25, 0.3) is 0 Å². The molecule has 1 aromatic rings. The minimum absolute atomic E-state index is 0.0117. The molecule has 3 aliphatic heterocycles. The number of hydrogen-bond donors (Lipinski definition) is 1. The minimum atomic E-state index is -1.32. The molecule has 6 atom stereocenters. The molecular weight excluding hydrogens is 352 g/mol. The van der Waals surface area contributed by atoms with Crippen molar-refractivity contribution >= 4 is 5.78 Å². The van der Waals surface area contributed by atoms with Crippen LogP contribution in [0.15, 0.2) is 24.0 Å². The molecule has 2 fully saturated rings. The van der Waals surface area contributed by atoms with E-state index in [4.69, 9.17) is 23.7 Å². The van der Waals surface area contributed by atoms with Gasteiger partial charge in [-0.15, -0.1) is 0 Å². The van der Waals surface area contributed by atoms with E-state index in [-0.39, 0.29) is 31.2 Å². The summed E-state index contributed by atoms with van der Waals surface area (Å²) in [5.41, 5.74) is -0.698. The molecule has 5 aliphatic rings. The molecule has 4 unspecified atom stereocenters. The van der Waals surface area contributed by atoms with E-state index in [2.05, 4.69) is 6.92 Å². The summed E-state index contributed by atoms with van der Waals surface area (Å²) in [7, 11) is 0. The zero-order valence-electron chi connectivity index (χ0n) is 15.1. The minimum Gasteiger partial charge on any atom is -0.465 e. The first-order valence-electron chi connectivity index (χ1n) is 9.33. The molecule has 27 heavy (non-hydrogen) atoms. The monoisotopic (exact) mass is 372 g/mol. The van der Waals surface area contributed by atoms with E-state index in [1.165, 1.54) is 6.08 Å². The predicted octanol–water partition coefficient (Wildman–Crippen LogP) is 2.07. The summed E-state index contributed by atoms with van der Waals surface area (Å²) in [4.78, 5) is 12.9. The largest absolute Gasteiger partial charge is 0.465 e. The number of carbonyl (C=O) groups is 1. The smallest absolute Gasteiger partial charge is 0.278 e. The molecule has 0 radical (unpaired) electrons. The van der Waals surface area contributed by atoms with E-state index < -0.39 is 23.2 Å². The number of allylic oxidation sites excluding steroid dienone is 1. The zero-order chi connectivity index (χ0) is 18.6. The van der Waals surface area contributed by atoms with Crippen LogP contribution in [0.2, 0.25) is 0 Å². The van der Waals surface area contributed by atoms with Crippen molar-refractivity contribution in [3.05, 3.63) is 29.5 Å². The van der Waals surface area contributed by atoms with Gasteiger partial charge in [-0.1, -0.05) is 13.8 Å². The molecule has 3 heterocycles. The summed E-state index contributed by atoms with van der Waals surface area (Å²) >= 11 is 0. The highest BCUT2D eigenvalue weighted by atomic mass is 16.8. The number of benzene rings is 1. The van der Waals surface area contributed by atoms with Gasteiger partial charge in [0, 0.05) is 23.6 Å². The summed E-state index contributed by atoms with van der Waals surface area (Å²) in [5, 5.41) is 12.2. The number of rotatable bonds is 0. The first kappa shape index (κ1) is 15.8. The van der Waals surface area contributed by atoms with E-state index in [1.54, 1.807) is 12.1 Å². The van der Waals surface area contributed by atoms with Crippen molar-refractivity contribution in [2.24, 2.45) is 23.7 Å². The van der Waals surface area contributed by atoms with E-state index in [0.717, 1.165) is 0 Å². The Balaban J connectivity index is 1.66. The number of hydrogen-bond acceptors (Lipinski definition) is 7. The molecule has 142 valence electrons. The number of ketones is 1. The quantitative estimate of drug-likeness (QED) is 0.746. The Kier molecular flexibility index (Phi) is 2.79. The van der Waals surface area contributed by atoms with Crippen LogP contribution in [0, 0.1) is 23.7 Å². The van der Waals surface area contributed by atoms with Crippen molar-refractivity contribution in [2.75, 3.05) is 13.6 Å². The highest BCUT2D eigenvalue weighted by molar-refractivity contribution is 5.94. The van der Waals surface area contributed by atoms with Crippen LogP contribution in [0.4, 0.5) is 0 Å². The highest BCUT2D eigenvalue weighted by Crippen LogP contribution is 2.65. The van der Waals surface area contributed by atoms with Crippen molar-refractivity contribution in [1.29, 1.82) is 0 Å². The second-order valence-electron chi connectivity index (χ2n) is 8.20. The van der Waals surface area contributed by atoms with Gasteiger partial charge in [-0.25, -0.2) is 0 Å². The topological polar surface area (TPSA) is 83.5 Å². The van der Waals surface area contributed by atoms with Crippen LogP contribution in [0.1, 0.15) is 25.8 Å². The van der Waals surface area contributed by atoms with Gasteiger partial charge in [0.25, 0.3) is 5.79 Å². The van der Waals surface area contributed by atoms with Crippen LogP contribution in [-0.2, 0) is 19.9 Å². The molecular formula is C20H20O7. The Hall–Kier alpha value is -2.25. The van der Waals surface area contributed by atoms with Crippen molar-refractivity contribution in [3.8, 4) is 17.2 Å². The molecule has 7 heteroatoms. The van der Waals surface area contributed by atoms with Gasteiger partial charge in [0.1, 0.15) is 11.4 Å². The maximum atomic E-state index is 12.9. The maximum absolute atomic E-state index is 12.9. The van der Waals surface area contributed by atoms with E-state index in [9.17, 15) is 9.90 Å². The Morgan fingerprint density at radius 3 is 2.67 bits per heavy atom. The third-order valence-corrected chi connectivity index (χ3v) is 7.10. The lowest BCUT2D eigenvalue weighted by atomic mass is 9.52. The average Bonchev–Trinajstić information content (AvgIpc) is 3.25. The predicted molar refractivity (Wildman–Crippen MR) is 89.9 cm³/mol. The molecule has 1 spiro atoms. The first-order valence-corrected chi connectivity index (χ1v) is 9.33. The van der Waals surface area contributed by atoms with Crippen LogP contribution in [0.3, 0.4) is 0 Å². The molecule has 0 aromatic heterocycles. The van der Waals surface area contributed by atoms with Gasteiger partial charge in [0.2, 0.25) is 6.79 Å². The SMILES string of the molecule is C[C@@H]1CC2C(=O)C=C3OCOC34Oc3cc5c(cc3C(O)(C24)[C@H]1C)OCO5. The number of ether oxygens (including phenoxy) is 5. The Labute approximate surface area is 155 Å². The lowest BCUT2D eigenvalue weighted by molar-refractivity contribution is -0.277. The Morgan fingerprint density at radius 1 is 1.07 bits per heavy atom. The van der Waals surface area contributed by atoms with Gasteiger partial charge in [-0.2, -0.15) is 0 Å². The molecule has 1 aromatic carbocycles. The third-order valence-electron chi connectivity index (χ3n) is 7.10. The molecule has 2 aliphatic carbocycles. The average molecular weight is 372 g/mol. The number of carbonyl (C=O) groups excluding carboxylic acids is 1. The standard InChI is InChI=1S/C20H20O7/c1-9-3-11-13(21)5-17-20(26-8-25-17)18(11)19(22,10(9)2)12-4-15-16(24-7-23-15)6-14(12)27-20/h4-6,9-11,18,22H,3,7-8H2,1-2H3/t9-,10+,11?,18?,19?,20?/m1/s1. The van der Waals surface area contributed by atoms with Crippen molar-refractivity contribution in [3.63, 3.8) is 0 Å². The number of aliphatic hydroxyl groups is 1. The third kappa shape index (κ3) is 1.68. The van der Waals surface area contributed by atoms with Gasteiger partial charge in [-0.05, 0) is 24.3 Å². The fourth-order valence-electron chi connectivity index (χ4n) is 5.61. The lowest BCUT2D eigenvalue weighted by Gasteiger charge is -2.59. The molecule has 6 rings (SSSR count). The molecule has 0 amide bonds. The second kappa shape index (κ2) is 4.77. The summed E-state index contributed by atoms with van der Waals surface area (Å²) in [6.45, 7) is 4.21. The highest BCUT2D eigenvalue weighted by Gasteiger charge is 2.72. The van der Waals surface area contributed by atoms with E-state index >= 15 is 0 Å². The maximum Gasteiger partial charge on any atom is 0.278 e. The molecule has 1 saturated carbocycles. The molecule has 1 N–H and O–H groups in total. The van der Waals surface area contributed by atoms with Crippen molar-refractivity contribution < 1.29 is 33.6 Å². The van der Waals surface area contributed by atoms with Crippen molar-refractivity contribution in [2.45, 2.75) is 31.7 Å². The van der Waals surface area contributed by atoms with Crippen molar-refractivity contribution in [1.82, 2.24) is 0 Å². The number of fused-ring (bicyclic) bond motifs is 3. The van der Waals surface area contributed by atoms with Gasteiger partial charge in [0.05, 0.1) is 5.92 Å². The van der Waals surface area contributed by atoms with Crippen LogP contribution >= 0.6 is 0 Å². The van der Waals surface area contributed by atoms with Gasteiger partial charge >= 0.3 is 0 Å². The summed E-state index contributed by atoms with van der Waals surface area (Å²) < 4.78 is 28.9. The Bertz CT molecular complexity index is 908. The van der Waals surface area contributed by atoms with Crippen LogP contribution < -0.4 is 14.2 Å².